The Bertz CT molecular complexity index is 1830. The summed E-state index contributed by atoms with van der Waals surface area (Å²) in [6.07, 6.45) is 0.441. The van der Waals surface area contributed by atoms with Gasteiger partial charge in [-0.3, -0.25) is 4.90 Å². The lowest BCUT2D eigenvalue weighted by atomic mass is 9.96. The second-order valence-electron chi connectivity index (χ2n) is 11.7. The molecule has 1 unspecified atom stereocenters. The van der Waals surface area contributed by atoms with Crippen LogP contribution in [-0.4, -0.2) is 76.9 Å². The van der Waals surface area contributed by atoms with Gasteiger partial charge >= 0.3 is 6.18 Å². The summed E-state index contributed by atoms with van der Waals surface area (Å²) in [6.45, 7) is 6.10. The number of hydrogen-bond acceptors (Lipinski definition) is 8. The van der Waals surface area contributed by atoms with Crippen molar-refractivity contribution in [2.75, 3.05) is 24.6 Å². The Morgan fingerprint density at radius 1 is 0.978 bits per heavy atom. The highest BCUT2D eigenvalue weighted by molar-refractivity contribution is 5.86. The smallest absolute Gasteiger partial charge is 0.376 e. The predicted molar refractivity (Wildman–Crippen MR) is 153 cm³/mol. The molecule has 5 aromatic rings. The second kappa shape index (κ2) is 11.3. The van der Waals surface area contributed by atoms with Crippen molar-refractivity contribution in [3.63, 3.8) is 0 Å². The summed E-state index contributed by atoms with van der Waals surface area (Å²) in [5.41, 5.74) is 0.420. The van der Waals surface area contributed by atoms with Crippen LogP contribution in [0.2, 0.25) is 0 Å². The van der Waals surface area contributed by atoms with E-state index in [2.05, 4.69) is 20.1 Å². The highest BCUT2D eigenvalue weighted by Crippen LogP contribution is 2.37. The fraction of sp³-hybridized carbons (Fsp3) is 0.433. The van der Waals surface area contributed by atoms with Crippen molar-refractivity contribution in [1.29, 1.82) is 0 Å². The van der Waals surface area contributed by atoms with E-state index in [1.807, 2.05) is 23.3 Å². The van der Waals surface area contributed by atoms with Gasteiger partial charge in [0.2, 0.25) is 0 Å². The maximum atomic E-state index is 14.2. The quantitative estimate of drug-likeness (QED) is 0.242. The molecule has 0 N–H and O–H groups in total. The lowest BCUT2D eigenvalue weighted by molar-refractivity contribution is -0.143. The molecular weight excluding hydrogens is 597 g/mol. The fourth-order valence-corrected chi connectivity index (χ4v) is 6.52. The lowest BCUT2D eigenvalue weighted by Gasteiger charge is -2.47. The molecule has 1 aromatic carbocycles. The highest BCUT2D eigenvalue weighted by atomic mass is 19.4. The van der Waals surface area contributed by atoms with Crippen molar-refractivity contribution >= 4 is 22.8 Å². The van der Waals surface area contributed by atoms with Crippen LogP contribution >= 0.6 is 0 Å². The predicted octanol–water partition coefficient (Wildman–Crippen LogP) is 5.03. The van der Waals surface area contributed by atoms with E-state index in [1.165, 1.54) is 30.3 Å². The third kappa shape index (κ3) is 5.37. The standard InChI is InChI=1S/C30H30F5N9O/c1-17-13-43(27-24-28(44-16-37-40-29(44)39-27)41(15-36-24)14-21-4-3-11-45-21)18(2)12-42(17)25(19-5-7-20(31)8-6-19)23-10-9-22(32)26(38-23)30(33,34)35/h5-10,15-18,21,25H,3-4,11-14H2,1-2H3/t17-,18+,21?,25+/m1/s1. The molecule has 6 heterocycles. The van der Waals surface area contributed by atoms with Crippen LogP contribution in [0.25, 0.3) is 16.9 Å². The van der Waals surface area contributed by atoms with Gasteiger partial charge in [0.25, 0.3) is 5.78 Å². The maximum Gasteiger partial charge on any atom is 0.436 e. The number of alkyl halides is 3. The Hall–Kier alpha value is -4.24. The first kappa shape index (κ1) is 29.5. The minimum atomic E-state index is -4.98. The van der Waals surface area contributed by atoms with E-state index in [0.29, 0.717) is 42.3 Å². The van der Waals surface area contributed by atoms with Crippen LogP contribution in [0.1, 0.15) is 49.7 Å². The van der Waals surface area contributed by atoms with E-state index < -0.39 is 29.5 Å². The van der Waals surface area contributed by atoms with E-state index in [9.17, 15) is 22.0 Å². The van der Waals surface area contributed by atoms with Gasteiger partial charge in [-0.2, -0.15) is 18.2 Å². The normalized spacial score (nSPS) is 22.1. The largest absolute Gasteiger partial charge is 0.436 e. The van der Waals surface area contributed by atoms with E-state index in [1.54, 1.807) is 17.1 Å². The number of benzene rings is 1. The molecule has 2 aliphatic heterocycles. The number of piperazine rings is 1. The molecule has 4 aromatic heterocycles. The van der Waals surface area contributed by atoms with Crippen molar-refractivity contribution in [3.05, 3.63) is 77.6 Å². The molecule has 7 rings (SSSR count). The molecule has 0 spiro atoms. The maximum absolute atomic E-state index is 14.2. The third-order valence-corrected chi connectivity index (χ3v) is 8.65. The minimum Gasteiger partial charge on any atom is -0.376 e. The van der Waals surface area contributed by atoms with Crippen LogP contribution in [0.3, 0.4) is 0 Å². The number of imidazole rings is 1. The molecule has 2 fully saturated rings. The molecule has 15 heteroatoms. The van der Waals surface area contributed by atoms with Crippen LogP contribution in [-0.2, 0) is 17.5 Å². The second-order valence-corrected chi connectivity index (χ2v) is 11.7. The van der Waals surface area contributed by atoms with Gasteiger partial charge in [-0.05, 0) is 56.5 Å². The summed E-state index contributed by atoms with van der Waals surface area (Å²) in [4.78, 5) is 17.5. The molecular formula is C30H30F5N9O. The van der Waals surface area contributed by atoms with Crippen LogP contribution in [0.5, 0.6) is 0 Å². The molecule has 0 saturated carbocycles. The number of hydrogen-bond donors (Lipinski definition) is 0. The van der Waals surface area contributed by atoms with Gasteiger partial charge in [0.05, 0.1) is 30.7 Å². The van der Waals surface area contributed by atoms with Crippen LogP contribution in [0.4, 0.5) is 27.8 Å². The van der Waals surface area contributed by atoms with E-state index >= 15 is 0 Å². The highest BCUT2D eigenvalue weighted by Gasteiger charge is 2.40. The summed E-state index contributed by atoms with van der Waals surface area (Å²) in [5.74, 6) is -0.903. The molecule has 236 valence electrons. The van der Waals surface area contributed by atoms with Crippen molar-refractivity contribution in [2.45, 2.75) is 63.6 Å². The van der Waals surface area contributed by atoms with Gasteiger partial charge in [-0.1, -0.05) is 12.1 Å². The van der Waals surface area contributed by atoms with Crippen molar-refractivity contribution in [3.8, 4) is 0 Å². The van der Waals surface area contributed by atoms with Crippen molar-refractivity contribution < 1.29 is 26.7 Å². The third-order valence-electron chi connectivity index (χ3n) is 8.65. The molecule has 0 amide bonds. The van der Waals surface area contributed by atoms with E-state index in [-0.39, 0.29) is 23.9 Å². The zero-order valence-electron chi connectivity index (χ0n) is 24.5. The van der Waals surface area contributed by atoms with Crippen LogP contribution in [0.15, 0.2) is 49.1 Å². The van der Waals surface area contributed by atoms with E-state index in [0.717, 1.165) is 31.2 Å². The SMILES string of the molecule is C[C@@H]1CN(c2nc3nncn3c3c2ncn3CC2CCCO2)[C@@H](C)CN1[C@@H](c1ccc(F)cc1)c1ccc(F)c(C(F)(F)F)n1. The number of pyridine rings is 1. The molecule has 2 saturated heterocycles. The average Bonchev–Trinajstić information content (AvgIpc) is 3.77. The molecule has 0 radical (unpaired) electrons. The number of halogens is 5. The minimum absolute atomic E-state index is 0.0149. The van der Waals surface area contributed by atoms with E-state index in [4.69, 9.17) is 14.7 Å². The molecule has 0 aliphatic carbocycles. The Labute approximate surface area is 254 Å². The Morgan fingerprint density at radius 2 is 1.78 bits per heavy atom. The summed E-state index contributed by atoms with van der Waals surface area (Å²) in [6, 6.07) is 6.34. The van der Waals surface area contributed by atoms with Gasteiger partial charge in [0, 0.05) is 31.8 Å². The number of nitrogens with zero attached hydrogens (tertiary/aromatic N) is 9. The topological polar surface area (TPSA) is 89.5 Å². The Balaban J connectivity index is 1.26. The first-order chi connectivity index (χ1) is 21.6. The van der Waals surface area contributed by atoms with Gasteiger partial charge in [0.1, 0.15) is 17.7 Å². The van der Waals surface area contributed by atoms with Gasteiger partial charge in [0.15, 0.2) is 23.0 Å². The molecule has 2 aliphatic rings. The van der Waals surface area contributed by atoms with Crippen molar-refractivity contribution in [1.82, 2.24) is 39.0 Å². The monoisotopic (exact) mass is 627 g/mol. The summed E-state index contributed by atoms with van der Waals surface area (Å²) < 4.78 is 78.9. The number of anilines is 1. The molecule has 45 heavy (non-hydrogen) atoms. The summed E-state index contributed by atoms with van der Waals surface area (Å²) >= 11 is 0. The first-order valence-corrected chi connectivity index (χ1v) is 14.8. The molecule has 0 bridgehead atoms. The number of ether oxygens (including phenoxy) is 1. The Morgan fingerprint density at radius 3 is 2.51 bits per heavy atom. The fourth-order valence-electron chi connectivity index (χ4n) is 6.52. The van der Waals surface area contributed by atoms with Crippen molar-refractivity contribution in [2.24, 2.45) is 0 Å². The van der Waals surface area contributed by atoms with Gasteiger partial charge in [-0.15, -0.1) is 10.2 Å². The number of fused-ring (bicyclic) bond motifs is 3. The lowest BCUT2D eigenvalue weighted by Crippen LogP contribution is -2.57. The summed E-state index contributed by atoms with van der Waals surface area (Å²) in [7, 11) is 0. The number of rotatable bonds is 6. The van der Waals surface area contributed by atoms with Gasteiger partial charge < -0.3 is 14.2 Å². The Kier molecular flexibility index (Phi) is 7.39. The van der Waals surface area contributed by atoms with Crippen LogP contribution in [0, 0.1) is 11.6 Å². The average molecular weight is 628 g/mol. The first-order valence-electron chi connectivity index (χ1n) is 14.8. The molecule has 10 nitrogen and oxygen atoms in total. The zero-order chi connectivity index (χ0) is 31.5. The zero-order valence-corrected chi connectivity index (χ0v) is 24.5. The number of aromatic nitrogens is 7. The summed E-state index contributed by atoms with van der Waals surface area (Å²) in [5, 5.41) is 8.29. The molecule has 4 atom stereocenters. The van der Waals surface area contributed by atoms with Crippen LogP contribution < -0.4 is 4.90 Å². The van der Waals surface area contributed by atoms with Gasteiger partial charge in [-0.25, -0.2) is 23.1 Å².